The number of hydrogen-bond donors (Lipinski definition) is 0. The highest BCUT2D eigenvalue weighted by Crippen LogP contribution is 2.38. The van der Waals surface area contributed by atoms with Gasteiger partial charge in [-0.15, -0.1) is 11.3 Å². The number of ether oxygens (including phenoxy) is 2. The van der Waals surface area contributed by atoms with E-state index in [-0.39, 0.29) is 22.4 Å². The fraction of sp³-hybridized carbons (Fsp3) is 0.278. The fourth-order valence-electron chi connectivity index (χ4n) is 2.58. The Kier molecular flexibility index (Phi) is 5.16. The molecule has 3 rings (SSSR count). The third kappa shape index (κ3) is 3.72. The zero-order valence-corrected chi connectivity index (χ0v) is 15.7. The van der Waals surface area contributed by atoms with Gasteiger partial charge >= 0.3 is 12.1 Å². The van der Waals surface area contributed by atoms with Gasteiger partial charge in [0.05, 0.1) is 28.8 Å². The van der Waals surface area contributed by atoms with Gasteiger partial charge in [0.1, 0.15) is 11.3 Å². The average molecular weight is 413 g/mol. The molecule has 0 saturated heterocycles. The van der Waals surface area contributed by atoms with Crippen LogP contribution in [0.1, 0.15) is 17.7 Å². The summed E-state index contributed by atoms with van der Waals surface area (Å²) in [6.45, 7) is 3.04. The quantitative estimate of drug-likeness (QED) is 0.597. The summed E-state index contributed by atoms with van der Waals surface area (Å²) < 4.78 is 55.6. The van der Waals surface area contributed by atoms with E-state index in [9.17, 15) is 22.8 Å². The molecule has 148 valence electrons. The maximum absolute atomic E-state index is 13.6. The van der Waals surface area contributed by atoms with Crippen molar-refractivity contribution in [3.8, 4) is 17.0 Å². The summed E-state index contributed by atoms with van der Waals surface area (Å²) >= 11 is 1.12. The number of benzene rings is 1. The summed E-state index contributed by atoms with van der Waals surface area (Å²) in [5, 5.41) is 1.83. The van der Waals surface area contributed by atoms with E-state index in [1.54, 1.807) is 6.92 Å². The van der Waals surface area contributed by atoms with E-state index in [4.69, 9.17) is 9.15 Å². The minimum Gasteiger partial charge on any atom is -0.479 e. The summed E-state index contributed by atoms with van der Waals surface area (Å²) in [6, 6.07) is 3.77. The first kappa shape index (κ1) is 19.9. The van der Waals surface area contributed by atoms with E-state index < -0.39 is 35.0 Å². The van der Waals surface area contributed by atoms with E-state index in [1.165, 1.54) is 31.5 Å². The molecule has 0 fully saturated rings. The van der Waals surface area contributed by atoms with Crippen LogP contribution in [0.5, 0.6) is 5.75 Å². The standard InChI is InChI=1S/C18H14F3NO5S/c1-8(17(24)25-3)26-10-4-5-11-13(6-10)27-16(18(19,20)21)14(15(11)23)12-7-28-9(2)22-12/h4-8H,1-3H3/t8-/m1/s1. The number of methoxy groups -OCH3 is 1. The first-order valence-corrected chi connectivity index (χ1v) is 8.85. The van der Waals surface area contributed by atoms with Crippen molar-refractivity contribution in [2.24, 2.45) is 0 Å². The molecular weight excluding hydrogens is 399 g/mol. The molecule has 2 heterocycles. The van der Waals surface area contributed by atoms with Gasteiger partial charge in [0.15, 0.2) is 6.10 Å². The summed E-state index contributed by atoms with van der Waals surface area (Å²) in [7, 11) is 1.18. The van der Waals surface area contributed by atoms with Crippen LogP contribution in [0.4, 0.5) is 13.2 Å². The second kappa shape index (κ2) is 7.27. The molecule has 28 heavy (non-hydrogen) atoms. The van der Waals surface area contributed by atoms with Gasteiger partial charge in [-0.1, -0.05) is 0 Å². The minimum absolute atomic E-state index is 0.0546. The lowest BCUT2D eigenvalue weighted by atomic mass is 10.1. The number of alkyl halides is 3. The number of halogens is 3. The second-order valence-electron chi connectivity index (χ2n) is 5.83. The molecule has 0 aliphatic heterocycles. The van der Waals surface area contributed by atoms with Crippen LogP contribution in [-0.2, 0) is 15.7 Å². The van der Waals surface area contributed by atoms with E-state index in [2.05, 4.69) is 9.72 Å². The second-order valence-corrected chi connectivity index (χ2v) is 6.89. The summed E-state index contributed by atoms with van der Waals surface area (Å²) in [5.41, 5.74) is -1.90. The Bertz CT molecular complexity index is 1100. The molecule has 0 amide bonds. The molecule has 0 spiro atoms. The summed E-state index contributed by atoms with van der Waals surface area (Å²) in [6.07, 6.45) is -5.90. The Morgan fingerprint density at radius 3 is 2.61 bits per heavy atom. The first-order chi connectivity index (χ1) is 13.1. The van der Waals surface area contributed by atoms with Crippen LogP contribution < -0.4 is 10.2 Å². The molecule has 10 heteroatoms. The lowest BCUT2D eigenvalue weighted by molar-refractivity contribution is -0.152. The number of nitrogens with zero attached hydrogens (tertiary/aromatic N) is 1. The number of thiazole rings is 1. The topological polar surface area (TPSA) is 78.6 Å². The Morgan fingerprint density at radius 2 is 2.04 bits per heavy atom. The van der Waals surface area contributed by atoms with Gasteiger partial charge in [-0.2, -0.15) is 13.2 Å². The zero-order chi connectivity index (χ0) is 20.6. The van der Waals surface area contributed by atoms with Crippen LogP contribution in [0, 0.1) is 6.92 Å². The summed E-state index contributed by atoms with van der Waals surface area (Å²) in [4.78, 5) is 28.2. The Hall–Kier alpha value is -2.88. The van der Waals surface area contributed by atoms with Crippen LogP contribution in [0.15, 0.2) is 32.8 Å². The number of rotatable bonds is 4. The molecule has 0 N–H and O–H groups in total. The van der Waals surface area contributed by atoms with Crippen molar-refractivity contribution in [2.75, 3.05) is 7.11 Å². The molecule has 6 nitrogen and oxygen atoms in total. The highest BCUT2D eigenvalue weighted by atomic mass is 32.1. The lowest BCUT2D eigenvalue weighted by Gasteiger charge is -2.14. The largest absolute Gasteiger partial charge is 0.479 e. The van der Waals surface area contributed by atoms with E-state index in [0.29, 0.717) is 5.01 Å². The number of esters is 1. The molecule has 0 radical (unpaired) electrons. The molecule has 0 aliphatic rings. The van der Waals surface area contributed by atoms with Crippen molar-refractivity contribution in [1.82, 2.24) is 4.98 Å². The number of hydrogen-bond acceptors (Lipinski definition) is 7. The van der Waals surface area contributed by atoms with E-state index in [0.717, 1.165) is 17.4 Å². The normalized spacial score (nSPS) is 12.8. The van der Waals surface area contributed by atoms with Crippen LogP contribution >= 0.6 is 11.3 Å². The Morgan fingerprint density at radius 1 is 1.32 bits per heavy atom. The molecule has 3 aromatic rings. The van der Waals surface area contributed by atoms with Crippen molar-refractivity contribution in [3.05, 3.63) is 44.6 Å². The number of fused-ring (bicyclic) bond motifs is 1. The molecule has 0 bridgehead atoms. The van der Waals surface area contributed by atoms with Crippen LogP contribution in [0.2, 0.25) is 0 Å². The zero-order valence-electron chi connectivity index (χ0n) is 14.9. The van der Waals surface area contributed by atoms with Crippen LogP contribution in [0.25, 0.3) is 22.2 Å². The average Bonchev–Trinajstić information content (AvgIpc) is 3.05. The summed E-state index contributed by atoms with van der Waals surface area (Å²) in [5.74, 6) is -2.04. The molecule has 0 aliphatic carbocycles. The van der Waals surface area contributed by atoms with Crippen molar-refractivity contribution >= 4 is 28.3 Å². The highest BCUT2D eigenvalue weighted by Gasteiger charge is 2.40. The van der Waals surface area contributed by atoms with Gasteiger partial charge in [0, 0.05) is 11.4 Å². The van der Waals surface area contributed by atoms with E-state index >= 15 is 0 Å². The molecular formula is C18H14F3NO5S. The van der Waals surface area contributed by atoms with E-state index in [1.807, 2.05) is 0 Å². The Balaban J connectivity index is 2.19. The number of aryl methyl sites for hydroxylation is 1. The molecule has 1 atom stereocenters. The van der Waals surface area contributed by atoms with Crippen molar-refractivity contribution in [3.63, 3.8) is 0 Å². The first-order valence-electron chi connectivity index (χ1n) is 7.97. The van der Waals surface area contributed by atoms with Crippen LogP contribution in [0.3, 0.4) is 0 Å². The third-order valence-electron chi connectivity index (χ3n) is 3.84. The molecule has 1 aromatic carbocycles. The van der Waals surface area contributed by atoms with Crippen molar-refractivity contribution < 1.29 is 31.9 Å². The molecule has 0 unspecified atom stereocenters. The SMILES string of the molecule is COC(=O)[C@@H](C)Oc1ccc2c(=O)c(-c3csc(C)n3)c(C(F)(F)F)oc2c1. The van der Waals surface area contributed by atoms with Gasteiger partial charge in [-0.05, 0) is 26.0 Å². The lowest BCUT2D eigenvalue weighted by Crippen LogP contribution is -2.24. The molecule has 2 aromatic heterocycles. The van der Waals surface area contributed by atoms with Crippen molar-refractivity contribution in [1.29, 1.82) is 0 Å². The predicted molar refractivity (Wildman–Crippen MR) is 95.4 cm³/mol. The fourth-order valence-corrected chi connectivity index (χ4v) is 3.18. The van der Waals surface area contributed by atoms with Crippen LogP contribution in [-0.4, -0.2) is 24.2 Å². The van der Waals surface area contributed by atoms with Gasteiger partial charge in [0.25, 0.3) is 0 Å². The maximum atomic E-state index is 13.6. The van der Waals surface area contributed by atoms with Crippen molar-refractivity contribution in [2.45, 2.75) is 26.1 Å². The van der Waals surface area contributed by atoms with Gasteiger partial charge < -0.3 is 13.9 Å². The Labute approximate surface area is 160 Å². The van der Waals surface area contributed by atoms with Gasteiger partial charge in [-0.25, -0.2) is 9.78 Å². The molecule has 0 saturated carbocycles. The maximum Gasteiger partial charge on any atom is 0.450 e. The predicted octanol–water partition coefficient (Wildman–Crippen LogP) is 4.18. The number of carbonyl (C=O) groups is 1. The minimum atomic E-state index is -4.91. The van der Waals surface area contributed by atoms with Gasteiger partial charge in [0.2, 0.25) is 11.2 Å². The smallest absolute Gasteiger partial charge is 0.450 e. The number of carbonyl (C=O) groups excluding carboxylic acids is 1. The van der Waals surface area contributed by atoms with Gasteiger partial charge in [-0.3, -0.25) is 4.79 Å². The number of aromatic nitrogens is 1. The highest BCUT2D eigenvalue weighted by molar-refractivity contribution is 7.09. The third-order valence-corrected chi connectivity index (χ3v) is 4.62. The monoisotopic (exact) mass is 413 g/mol.